The van der Waals surface area contributed by atoms with E-state index in [1.54, 1.807) is 13.8 Å². The van der Waals surface area contributed by atoms with Crippen molar-refractivity contribution in [3.8, 4) is 0 Å². The molecule has 12 nitrogen and oxygen atoms in total. The van der Waals surface area contributed by atoms with E-state index < -0.39 is 0 Å². The third kappa shape index (κ3) is 42.3. The Bertz CT molecular complexity index is 1260. The fourth-order valence-electron chi connectivity index (χ4n) is 4.06. The maximum Gasteiger partial charge on any atom is 0.407 e. The third-order valence-corrected chi connectivity index (χ3v) is 7.08. The van der Waals surface area contributed by atoms with Gasteiger partial charge in [-0.05, 0) is 88.0 Å². The molecule has 0 saturated heterocycles. The predicted molar refractivity (Wildman–Crippen MR) is 247 cm³/mol. The van der Waals surface area contributed by atoms with Crippen molar-refractivity contribution in [2.24, 2.45) is 34.4 Å². The molecule has 0 atom stereocenters. The fourth-order valence-corrected chi connectivity index (χ4v) is 4.06. The Morgan fingerprint density at radius 3 is 0.845 bits per heavy atom. The zero-order valence-electron chi connectivity index (χ0n) is 34.0. The minimum atomic E-state index is -0.369. The van der Waals surface area contributed by atoms with Crippen molar-refractivity contribution in [3.05, 3.63) is 144 Å². The number of alkyl carbamates (subject to hydrolysis) is 2. The first-order valence-electron chi connectivity index (χ1n) is 19.5. The molecule has 2 amide bonds. The number of carbonyl (C=O) groups is 2. The molecule has 0 bridgehead atoms. The number of unbranched alkanes of at least 4 members (excludes halogenated alkanes) is 4. The lowest BCUT2D eigenvalue weighted by Crippen LogP contribution is -2.23. The molecule has 0 heterocycles. The molecule has 0 unspecified atom stereocenters. The number of hydrogen-bond acceptors (Lipinski definition) is 10. The summed E-state index contributed by atoms with van der Waals surface area (Å²) in [5.41, 5.74) is 36.1. The Balaban J connectivity index is -0.000000306. The number of benzene rings is 4. The summed E-state index contributed by atoms with van der Waals surface area (Å²) in [5, 5.41) is 5.28. The van der Waals surface area contributed by atoms with Gasteiger partial charge < -0.3 is 54.5 Å². The maximum absolute atomic E-state index is 10.9. The summed E-state index contributed by atoms with van der Waals surface area (Å²) >= 11 is 0. The van der Waals surface area contributed by atoms with E-state index in [0.29, 0.717) is 39.4 Å². The van der Waals surface area contributed by atoms with E-state index in [4.69, 9.17) is 43.9 Å². The predicted octanol–water partition coefficient (Wildman–Crippen LogP) is 7.58. The van der Waals surface area contributed by atoms with Gasteiger partial charge in [-0.3, -0.25) is 0 Å². The van der Waals surface area contributed by atoms with E-state index >= 15 is 0 Å². The second-order valence-corrected chi connectivity index (χ2v) is 11.8. The van der Waals surface area contributed by atoms with Crippen LogP contribution in [0.2, 0.25) is 0 Å². The summed E-state index contributed by atoms with van der Waals surface area (Å²) in [4.78, 5) is 21.8. The van der Waals surface area contributed by atoms with Gasteiger partial charge in [0.25, 0.3) is 0 Å². The van der Waals surface area contributed by atoms with Crippen LogP contribution in [0.15, 0.2) is 121 Å². The molecule has 4 rings (SSSR count). The Morgan fingerprint density at radius 2 is 0.655 bits per heavy atom. The highest BCUT2D eigenvalue weighted by Crippen LogP contribution is 1.99. The molecule has 12 heteroatoms. The Hall–Kier alpha value is -4.82. The molecule has 0 aliphatic heterocycles. The molecule has 14 N–H and O–H groups in total. The number of rotatable bonds is 16. The average molecular weight is 809 g/mol. The van der Waals surface area contributed by atoms with Crippen LogP contribution in [0.1, 0.15) is 89.5 Å². The first-order valence-corrected chi connectivity index (χ1v) is 19.5. The van der Waals surface area contributed by atoms with Crippen molar-refractivity contribution in [1.82, 2.24) is 10.6 Å². The Labute approximate surface area is 351 Å². The minimum absolute atomic E-state index is 0. The fraction of sp³-hybridized carbons (Fsp3) is 0.435. The van der Waals surface area contributed by atoms with Crippen molar-refractivity contribution in [2.45, 2.75) is 93.4 Å². The highest BCUT2D eigenvalue weighted by molar-refractivity contribution is 5.67. The van der Waals surface area contributed by atoms with Crippen LogP contribution in [0.5, 0.6) is 0 Å². The molecule has 0 aliphatic carbocycles. The number of hydrogen-bond donors (Lipinski definition) is 8. The first-order chi connectivity index (χ1) is 27.3. The van der Waals surface area contributed by atoms with Gasteiger partial charge in [0.2, 0.25) is 0 Å². The van der Waals surface area contributed by atoms with Gasteiger partial charge in [-0.15, -0.1) is 0 Å². The maximum atomic E-state index is 10.9. The van der Waals surface area contributed by atoms with Crippen LogP contribution in [-0.4, -0.2) is 51.6 Å². The summed E-state index contributed by atoms with van der Waals surface area (Å²) in [5.74, 6) is 0. The molecule has 0 fully saturated rings. The van der Waals surface area contributed by atoms with E-state index in [0.717, 1.165) is 63.0 Å². The average Bonchev–Trinajstić information content (AvgIpc) is 3.25. The number of nitrogens with one attached hydrogen (secondary N) is 2. The number of amides is 2. The van der Waals surface area contributed by atoms with Crippen molar-refractivity contribution < 1.29 is 19.1 Å². The zero-order valence-corrected chi connectivity index (χ0v) is 34.0. The molecule has 4 aromatic rings. The van der Waals surface area contributed by atoms with E-state index in [1.807, 2.05) is 121 Å². The first kappa shape index (κ1) is 59.9. The zero-order chi connectivity index (χ0) is 41.7. The van der Waals surface area contributed by atoms with Gasteiger partial charge in [-0.1, -0.05) is 149 Å². The molecular weight excluding hydrogens is 729 g/mol. The van der Waals surface area contributed by atoms with Gasteiger partial charge in [-0.2, -0.15) is 0 Å². The Kier molecular flexibility index (Phi) is 49.9. The van der Waals surface area contributed by atoms with Gasteiger partial charge in [0, 0.05) is 26.2 Å². The smallest absolute Gasteiger partial charge is 0.407 e. The number of nitrogens with two attached hydrogens (primary N) is 6. The second kappa shape index (κ2) is 48.3. The van der Waals surface area contributed by atoms with Gasteiger partial charge in [0.15, 0.2) is 0 Å². The molecular formula is C46H80N8O4. The van der Waals surface area contributed by atoms with Crippen molar-refractivity contribution in [2.75, 3.05) is 39.4 Å². The van der Waals surface area contributed by atoms with Crippen molar-refractivity contribution in [3.63, 3.8) is 0 Å². The largest absolute Gasteiger partial charge is 0.450 e. The summed E-state index contributed by atoms with van der Waals surface area (Å²) in [6.45, 7) is 9.90. The summed E-state index contributed by atoms with van der Waals surface area (Å²) in [6.07, 6.45) is 6.13. The van der Waals surface area contributed by atoms with Crippen LogP contribution in [0, 0.1) is 0 Å². The van der Waals surface area contributed by atoms with Crippen LogP contribution in [0.3, 0.4) is 0 Å². The summed E-state index contributed by atoms with van der Waals surface area (Å²) in [6, 6.07) is 39.4. The van der Waals surface area contributed by atoms with Gasteiger partial charge >= 0.3 is 12.2 Å². The summed E-state index contributed by atoms with van der Waals surface area (Å²) < 4.78 is 9.43. The normalized spacial score (nSPS) is 8.97. The van der Waals surface area contributed by atoms with Gasteiger partial charge in [0.05, 0.1) is 13.2 Å². The second-order valence-electron chi connectivity index (χ2n) is 11.8. The molecule has 4 aromatic carbocycles. The topological polar surface area (TPSA) is 233 Å². The Morgan fingerprint density at radius 1 is 0.414 bits per heavy atom. The third-order valence-electron chi connectivity index (χ3n) is 7.08. The van der Waals surface area contributed by atoms with Crippen LogP contribution < -0.4 is 45.0 Å². The van der Waals surface area contributed by atoms with Crippen molar-refractivity contribution in [1.29, 1.82) is 0 Å². The number of ether oxygens (including phenoxy) is 2. The SMILES string of the molecule is C.C.CCOC(=O)NCc1ccccc1.CCOC(=O)NCc1ccccc1.NCCCCCN.NCCCCCN.NCc1ccccc1.NCc1ccccc1. The lowest BCUT2D eigenvalue weighted by Gasteiger charge is -2.04. The van der Waals surface area contributed by atoms with Crippen LogP contribution >= 0.6 is 0 Å². The summed E-state index contributed by atoms with van der Waals surface area (Å²) in [7, 11) is 0. The minimum Gasteiger partial charge on any atom is -0.450 e. The lowest BCUT2D eigenvalue weighted by molar-refractivity contribution is 0.150. The lowest BCUT2D eigenvalue weighted by atomic mass is 10.2. The number of carbonyl (C=O) groups excluding carboxylic acids is 2. The van der Waals surface area contributed by atoms with Crippen LogP contribution in [-0.2, 0) is 35.7 Å². The molecule has 328 valence electrons. The van der Waals surface area contributed by atoms with Crippen LogP contribution in [0.25, 0.3) is 0 Å². The standard InChI is InChI=1S/2C10H13NO2.2C7H9N.2C5H14N2.2CH4/c2*1-2-13-10(12)11-8-9-6-4-3-5-7-9;2*8-6-7-4-2-1-3-5-7;2*6-4-2-1-3-5-7;;/h2*3-7H,2,8H2,1H3,(H,11,12);2*1-5H,6,8H2;2*1-7H2;2*1H4. The molecule has 0 aromatic heterocycles. The van der Waals surface area contributed by atoms with E-state index in [1.165, 1.54) is 24.0 Å². The van der Waals surface area contributed by atoms with E-state index in [2.05, 4.69) is 10.6 Å². The molecule has 0 radical (unpaired) electrons. The van der Waals surface area contributed by atoms with Crippen LogP contribution in [0.4, 0.5) is 9.59 Å². The highest BCUT2D eigenvalue weighted by atomic mass is 16.6. The molecule has 0 saturated carbocycles. The van der Waals surface area contributed by atoms with Gasteiger partial charge in [0.1, 0.15) is 0 Å². The van der Waals surface area contributed by atoms with E-state index in [9.17, 15) is 9.59 Å². The monoisotopic (exact) mass is 809 g/mol. The quantitative estimate of drug-likeness (QED) is 0.0517. The molecule has 58 heavy (non-hydrogen) atoms. The van der Waals surface area contributed by atoms with Gasteiger partial charge in [-0.25, -0.2) is 9.59 Å². The highest BCUT2D eigenvalue weighted by Gasteiger charge is 1.99. The molecule has 0 aliphatic rings. The van der Waals surface area contributed by atoms with Crippen molar-refractivity contribution >= 4 is 12.2 Å². The molecule has 0 spiro atoms. The van der Waals surface area contributed by atoms with E-state index in [-0.39, 0.29) is 27.0 Å².